The van der Waals surface area contributed by atoms with Crippen LogP contribution < -0.4 is 14.9 Å². The van der Waals surface area contributed by atoms with Crippen LogP contribution in [0.4, 0.5) is 15.8 Å². The Bertz CT molecular complexity index is 1060. The summed E-state index contributed by atoms with van der Waals surface area (Å²) < 4.78 is 24.9. The average Bonchev–Trinajstić information content (AvgIpc) is 2.74. The fourth-order valence-corrected chi connectivity index (χ4v) is 3.10. The molecular weight excluding hydrogens is 457 g/mol. The van der Waals surface area contributed by atoms with Crippen molar-refractivity contribution >= 4 is 33.5 Å². The Kier molecular flexibility index (Phi) is 6.97. The molecule has 0 unspecified atom stereocenters. The number of non-ortho nitro benzene ring substituents is 1. The van der Waals surface area contributed by atoms with Crippen LogP contribution in [0.5, 0.6) is 11.5 Å². The molecule has 154 valence electrons. The molecule has 0 saturated carbocycles. The van der Waals surface area contributed by atoms with Gasteiger partial charge in [0.2, 0.25) is 0 Å². The van der Waals surface area contributed by atoms with Crippen molar-refractivity contribution in [3.63, 3.8) is 0 Å². The second-order valence-corrected chi connectivity index (χ2v) is 6.98. The van der Waals surface area contributed by atoms with Gasteiger partial charge in [-0.2, -0.15) is 5.10 Å². The molecule has 0 bridgehead atoms. The molecule has 1 N–H and O–H groups in total. The largest absolute Gasteiger partial charge is 0.493 e. The first kappa shape index (κ1) is 21.3. The lowest BCUT2D eigenvalue weighted by Gasteiger charge is -2.13. The number of hydrogen-bond donors (Lipinski definition) is 1. The van der Waals surface area contributed by atoms with Gasteiger partial charge in [0.25, 0.3) is 5.69 Å². The summed E-state index contributed by atoms with van der Waals surface area (Å²) in [4.78, 5) is 10.2. The highest BCUT2D eigenvalue weighted by Gasteiger charge is 2.12. The molecule has 0 atom stereocenters. The average molecular weight is 474 g/mol. The second kappa shape index (κ2) is 9.84. The zero-order chi connectivity index (χ0) is 21.5. The zero-order valence-electron chi connectivity index (χ0n) is 15.8. The number of nitro groups is 1. The van der Waals surface area contributed by atoms with Gasteiger partial charge in [0.1, 0.15) is 12.4 Å². The Labute approximate surface area is 180 Å². The summed E-state index contributed by atoms with van der Waals surface area (Å²) in [6.45, 7) is 0.254. The fourth-order valence-electron chi connectivity index (χ4n) is 2.53. The van der Waals surface area contributed by atoms with Gasteiger partial charge in [-0.3, -0.25) is 15.5 Å². The van der Waals surface area contributed by atoms with Gasteiger partial charge < -0.3 is 9.47 Å². The minimum atomic E-state index is -0.462. The van der Waals surface area contributed by atoms with E-state index in [9.17, 15) is 14.5 Å². The molecule has 3 aromatic carbocycles. The fraction of sp³-hybridized carbons (Fsp3) is 0.0952. The number of halogens is 2. The molecular formula is C21H17BrFN3O4. The van der Waals surface area contributed by atoms with E-state index in [1.165, 1.54) is 31.4 Å². The first-order chi connectivity index (χ1) is 14.5. The number of hydrazone groups is 1. The number of nitro benzene ring substituents is 1. The maximum absolute atomic E-state index is 13.0. The van der Waals surface area contributed by atoms with Crippen LogP contribution in [-0.2, 0) is 6.61 Å². The maximum atomic E-state index is 13.0. The summed E-state index contributed by atoms with van der Waals surface area (Å²) in [5.41, 5.74) is 4.99. The molecule has 0 aliphatic rings. The van der Waals surface area contributed by atoms with Crippen LogP contribution in [0.2, 0.25) is 0 Å². The molecule has 0 aliphatic heterocycles. The van der Waals surface area contributed by atoms with E-state index in [2.05, 4.69) is 26.5 Å². The van der Waals surface area contributed by atoms with Gasteiger partial charge in [0.05, 0.1) is 28.4 Å². The summed E-state index contributed by atoms with van der Waals surface area (Å²) >= 11 is 3.47. The van der Waals surface area contributed by atoms with Crippen LogP contribution in [0.15, 0.2) is 70.2 Å². The summed E-state index contributed by atoms with van der Waals surface area (Å²) in [5, 5.41) is 14.8. The van der Waals surface area contributed by atoms with Crippen LogP contribution in [-0.4, -0.2) is 18.2 Å². The molecule has 0 amide bonds. The van der Waals surface area contributed by atoms with E-state index >= 15 is 0 Å². The number of methoxy groups -OCH3 is 1. The molecule has 0 radical (unpaired) electrons. The lowest BCUT2D eigenvalue weighted by molar-refractivity contribution is -0.384. The maximum Gasteiger partial charge on any atom is 0.269 e. The Morgan fingerprint density at radius 1 is 1.17 bits per heavy atom. The van der Waals surface area contributed by atoms with Crippen LogP contribution in [0.3, 0.4) is 0 Å². The van der Waals surface area contributed by atoms with E-state index in [1.54, 1.807) is 36.5 Å². The van der Waals surface area contributed by atoms with Gasteiger partial charge in [-0.25, -0.2) is 4.39 Å². The Hall–Kier alpha value is -3.46. The zero-order valence-corrected chi connectivity index (χ0v) is 17.4. The minimum Gasteiger partial charge on any atom is -0.493 e. The first-order valence-electron chi connectivity index (χ1n) is 8.74. The van der Waals surface area contributed by atoms with Crippen molar-refractivity contribution < 1.29 is 18.8 Å². The summed E-state index contributed by atoms with van der Waals surface area (Å²) in [5.74, 6) is 0.717. The predicted octanol–water partition coefficient (Wildman–Crippen LogP) is 5.53. The Balaban J connectivity index is 1.68. The van der Waals surface area contributed by atoms with Gasteiger partial charge in [-0.05, 0) is 63.5 Å². The molecule has 3 aromatic rings. The number of nitrogens with one attached hydrogen (secondary N) is 1. The molecule has 0 aromatic heterocycles. The number of hydrogen-bond acceptors (Lipinski definition) is 6. The van der Waals surface area contributed by atoms with Crippen LogP contribution >= 0.6 is 15.9 Å². The van der Waals surface area contributed by atoms with Crippen molar-refractivity contribution in [2.75, 3.05) is 12.5 Å². The molecule has 0 spiro atoms. The quantitative estimate of drug-likeness (QED) is 0.264. The molecule has 0 aliphatic carbocycles. The van der Waals surface area contributed by atoms with Crippen LogP contribution in [0, 0.1) is 15.9 Å². The monoisotopic (exact) mass is 473 g/mol. The van der Waals surface area contributed by atoms with Crippen molar-refractivity contribution in [1.82, 2.24) is 0 Å². The first-order valence-corrected chi connectivity index (χ1v) is 9.54. The number of anilines is 1. The SMILES string of the molecule is COc1cc(C=NNc2ccc([N+](=O)[O-])cc2)cc(Br)c1OCc1ccc(F)cc1. The Morgan fingerprint density at radius 3 is 2.50 bits per heavy atom. The number of benzene rings is 3. The normalized spacial score (nSPS) is 10.8. The molecule has 0 heterocycles. The van der Waals surface area contributed by atoms with Gasteiger partial charge >= 0.3 is 0 Å². The van der Waals surface area contributed by atoms with Gasteiger partial charge in [-0.15, -0.1) is 0 Å². The van der Waals surface area contributed by atoms with E-state index < -0.39 is 4.92 Å². The van der Waals surface area contributed by atoms with Crippen molar-refractivity contribution in [3.05, 3.63) is 92.2 Å². The van der Waals surface area contributed by atoms with Gasteiger partial charge in [-0.1, -0.05) is 12.1 Å². The van der Waals surface area contributed by atoms with E-state index in [4.69, 9.17) is 9.47 Å². The molecule has 9 heteroatoms. The third kappa shape index (κ3) is 5.54. The highest BCUT2D eigenvalue weighted by Crippen LogP contribution is 2.36. The lowest BCUT2D eigenvalue weighted by atomic mass is 10.2. The third-order valence-electron chi connectivity index (χ3n) is 4.03. The summed E-state index contributed by atoms with van der Waals surface area (Å²) in [6, 6.07) is 15.5. The van der Waals surface area contributed by atoms with Crippen molar-refractivity contribution in [1.29, 1.82) is 0 Å². The number of rotatable bonds is 8. The minimum absolute atomic E-state index is 0.00872. The van der Waals surface area contributed by atoms with Crippen molar-refractivity contribution in [2.45, 2.75) is 6.61 Å². The summed E-state index contributed by atoms with van der Waals surface area (Å²) in [7, 11) is 1.53. The summed E-state index contributed by atoms with van der Waals surface area (Å²) in [6.07, 6.45) is 1.58. The van der Waals surface area contributed by atoms with E-state index in [0.717, 1.165) is 11.1 Å². The van der Waals surface area contributed by atoms with Gasteiger partial charge in [0, 0.05) is 12.1 Å². The standard InChI is InChI=1S/C21H17BrFN3O4/c1-29-20-11-15(12-24-25-17-6-8-18(9-7-17)26(27)28)10-19(22)21(20)30-13-14-2-4-16(23)5-3-14/h2-12,25H,13H2,1H3. The smallest absolute Gasteiger partial charge is 0.269 e. The number of ether oxygens (including phenoxy) is 2. The van der Waals surface area contributed by atoms with Crippen LogP contribution in [0.25, 0.3) is 0 Å². The Morgan fingerprint density at radius 2 is 1.87 bits per heavy atom. The van der Waals surface area contributed by atoms with E-state index in [0.29, 0.717) is 21.7 Å². The highest BCUT2D eigenvalue weighted by molar-refractivity contribution is 9.10. The third-order valence-corrected chi connectivity index (χ3v) is 4.62. The molecule has 30 heavy (non-hydrogen) atoms. The predicted molar refractivity (Wildman–Crippen MR) is 116 cm³/mol. The molecule has 0 fully saturated rings. The van der Waals surface area contributed by atoms with Crippen molar-refractivity contribution in [2.24, 2.45) is 5.10 Å². The molecule has 3 rings (SSSR count). The molecule has 7 nitrogen and oxygen atoms in total. The van der Waals surface area contributed by atoms with E-state index in [1.807, 2.05) is 6.07 Å². The van der Waals surface area contributed by atoms with Crippen molar-refractivity contribution in [3.8, 4) is 11.5 Å². The molecule has 0 saturated heterocycles. The number of nitrogens with zero attached hydrogens (tertiary/aromatic N) is 2. The van der Waals surface area contributed by atoms with Gasteiger partial charge in [0.15, 0.2) is 11.5 Å². The second-order valence-electron chi connectivity index (χ2n) is 6.12. The van der Waals surface area contributed by atoms with Crippen LogP contribution in [0.1, 0.15) is 11.1 Å². The lowest BCUT2D eigenvalue weighted by Crippen LogP contribution is -2.00. The topological polar surface area (TPSA) is 86.0 Å². The highest BCUT2D eigenvalue weighted by atomic mass is 79.9. The van der Waals surface area contributed by atoms with E-state index in [-0.39, 0.29) is 18.1 Å².